The average molecular weight is 292 g/mol. The normalized spacial score (nSPS) is 11.4. The van der Waals surface area contributed by atoms with Crippen molar-refractivity contribution >= 4 is 17.6 Å². The quantitative estimate of drug-likeness (QED) is 0.583. The van der Waals surface area contributed by atoms with Gasteiger partial charge < -0.3 is 10.6 Å². The molecule has 6 heteroatoms. The van der Waals surface area contributed by atoms with Gasteiger partial charge in [0.2, 0.25) is 0 Å². The first-order chi connectivity index (χ1) is 9.78. The zero-order chi connectivity index (χ0) is 14.2. The van der Waals surface area contributed by atoms with Crippen LogP contribution in [0, 0.1) is 0 Å². The highest BCUT2D eigenvalue weighted by Crippen LogP contribution is 2.09. The molecule has 1 heterocycles. The molecule has 0 unspecified atom stereocenters. The zero-order valence-electron chi connectivity index (χ0n) is 11.4. The van der Waals surface area contributed by atoms with Crippen LogP contribution in [0.4, 0.5) is 0 Å². The highest BCUT2D eigenvalue weighted by Gasteiger charge is 1.99. The van der Waals surface area contributed by atoms with E-state index in [1.165, 1.54) is 5.56 Å². The molecule has 0 aliphatic rings. The Bertz CT molecular complexity index is 533. The smallest absolute Gasteiger partial charge is 0.191 e. The molecule has 0 spiro atoms. The van der Waals surface area contributed by atoms with Crippen molar-refractivity contribution in [3.63, 3.8) is 0 Å². The molecule has 1 aromatic heterocycles. The molecule has 1 aromatic carbocycles. The summed E-state index contributed by atoms with van der Waals surface area (Å²) >= 11 is 5.86. The third-order valence-corrected chi connectivity index (χ3v) is 3.10. The SMILES string of the molecule is CN=C(NCCc1ccc(Cl)cc1)NCc1ccn[nH]1. The minimum Gasteiger partial charge on any atom is -0.356 e. The maximum atomic E-state index is 5.86. The van der Waals surface area contributed by atoms with Gasteiger partial charge in [-0.1, -0.05) is 23.7 Å². The van der Waals surface area contributed by atoms with Crippen molar-refractivity contribution < 1.29 is 0 Å². The first-order valence-electron chi connectivity index (χ1n) is 6.45. The molecule has 0 radical (unpaired) electrons. The minimum atomic E-state index is 0.667. The molecule has 106 valence electrons. The predicted octanol–water partition coefficient (Wildman–Crippen LogP) is 1.97. The lowest BCUT2D eigenvalue weighted by Crippen LogP contribution is -2.37. The molecular weight excluding hydrogens is 274 g/mol. The number of H-pyrrole nitrogens is 1. The molecule has 0 atom stereocenters. The minimum absolute atomic E-state index is 0.667. The van der Waals surface area contributed by atoms with E-state index in [1.807, 2.05) is 30.3 Å². The van der Waals surface area contributed by atoms with E-state index in [2.05, 4.69) is 25.8 Å². The Morgan fingerprint density at radius 1 is 1.25 bits per heavy atom. The number of hydrogen-bond acceptors (Lipinski definition) is 2. The van der Waals surface area contributed by atoms with E-state index in [4.69, 9.17) is 11.6 Å². The number of halogens is 1. The number of aliphatic imine (C=N–C) groups is 1. The topological polar surface area (TPSA) is 65.1 Å². The summed E-state index contributed by atoms with van der Waals surface area (Å²) < 4.78 is 0. The van der Waals surface area contributed by atoms with Gasteiger partial charge in [0.05, 0.1) is 12.2 Å². The van der Waals surface area contributed by atoms with Crippen molar-refractivity contribution in [3.05, 3.63) is 52.8 Å². The molecule has 0 amide bonds. The second kappa shape index (κ2) is 7.55. The van der Waals surface area contributed by atoms with Crippen molar-refractivity contribution in [2.75, 3.05) is 13.6 Å². The van der Waals surface area contributed by atoms with Crippen LogP contribution >= 0.6 is 11.6 Å². The summed E-state index contributed by atoms with van der Waals surface area (Å²) in [6.45, 7) is 1.48. The number of guanidine groups is 1. The second-order valence-electron chi connectivity index (χ2n) is 4.31. The fraction of sp³-hybridized carbons (Fsp3) is 0.286. The van der Waals surface area contributed by atoms with Crippen LogP contribution in [0.15, 0.2) is 41.5 Å². The van der Waals surface area contributed by atoms with Gasteiger partial charge in [-0.2, -0.15) is 5.10 Å². The van der Waals surface area contributed by atoms with E-state index < -0.39 is 0 Å². The Kier molecular flexibility index (Phi) is 5.43. The highest BCUT2D eigenvalue weighted by atomic mass is 35.5. The molecule has 3 N–H and O–H groups in total. The molecular formula is C14H18ClN5. The highest BCUT2D eigenvalue weighted by molar-refractivity contribution is 6.30. The van der Waals surface area contributed by atoms with Gasteiger partial charge >= 0.3 is 0 Å². The van der Waals surface area contributed by atoms with E-state index in [1.54, 1.807) is 13.2 Å². The molecule has 0 fully saturated rings. The van der Waals surface area contributed by atoms with Crippen molar-refractivity contribution in [1.82, 2.24) is 20.8 Å². The summed E-state index contributed by atoms with van der Waals surface area (Å²) in [7, 11) is 1.75. The Hall–Kier alpha value is -2.01. The first-order valence-corrected chi connectivity index (χ1v) is 6.83. The average Bonchev–Trinajstić information content (AvgIpc) is 2.98. The van der Waals surface area contributed by atoms with Crippen LogP contribution in [0.2, 0.25) is 5.02 Å². The third-order valence-electron chi connectivity index (χ3n) is 2.85. The van der Waals surface area contributed by atoms with Crippen LogP contribution in [-0.4, -0.2) is 29.7 Å². The van der Waals surface area contributed by atoms with Crippen LogP contribution in [-0.2, 0) is 13.0 Å². The summed E-state index contributed by atoms with van der Waals surface area (Å²) in [5, 5.41) is 14.0. The molecule has 0 bridgehead atoms. The van der Waals surface area contributed by atoms with Crippen LogP contribution in [0.25, 0.3) is 0 Å². The van der Waals surface area contributed by atoms with Crippen molar-refractivity contribution in [2.45, 2.75) is 13.0 Å². The Balaban J connectivity index is 1.72. The lowest BCUT2D eigenvalue weighted by atomic mass is 10.1. The summed E-state index contributed by atoms with van der Waals surface area (Å²) in [5.41, 5.74) is 2.26. The molecule has 20 heavy (non-hydrogen) atoms. The van der Waals surface area contributed by atoms with E-state index in [0.29, 0.717) is 6.54 Å². The summed E-state index contributed by atoms with van der Waals surface area (Å²) in [5.74, 6) is 0.772. The van der Waals surface area contributed by atoms with Gasteiger partial charge in [-0.25, -0.2) is 0 Å². The molecule has 5 nitrogen and oxygen atoms in total. The van der Waals surface area contributed by atoms with E-state index in [9.17, 15) is 0 Å². The van der Waals surface area contributed by atoms with Gasteiger partial charge in [-0.05, 0) is 30.2 Å². The van der Waals surface area contributed by atoms with E-state index in [-0.39, 0.29) is 0 Å². The maximum absolute atomic E-state index is 5.86. The monoisotopic (exact) mass is 291 g/mol. The van der Waals surface area contributed by atoms with Crippen LogP contribution < -0.4 is 10.6 Å². The number of benzene rings is 1. The van der Waals surface area contributed by atoms with Gasteiger partial charge in [-0.3, -0.25) is 10.1 Å². The van der Waals surface area contributed by atoms with Crippen LogP contribution in [0.5, 0.6) is 0 Å². The molecule has 0 saturated heterocycles. The third kappa shape index (κ3) is 4.59. The fourth-order valence-corrected chi connectivity index (χ4v) is 1.89. The maximum Gasteiger partial charge on any atom is 0.191 e. The Morgan fingerprint density at radius 2 is 2.05 bits per heavy atom. The van der Waals surface area contributed by atoms with Gasteiger partial charge in [0, 0.05) is 24.8 Å². The number of aromatic nitrogens is 2. The van der Waals surface area contributed by atoms with Gasteiger partial charge in [0.1, 0.15) is 0 Å². The lowest BCUT2D eigenvalue weighted by Gasteiger charge is -2.11. The number of nitrogens with one attached hydrogen (secondary N) is 3. The second-order valence-corrected chi connectivity index (χ2v) is 4.75. The molecule has 2 aromatic rings. The lowest BCUT2D eigenvalue weighted by molar-refractivity contribution is 0.780. The summed E-state index contributed by atoms with van der Waals surface area (Å²) in [4.78, 5) is 4.17. The number of nitrogens with zero attached hydrogens (tertiary/aromatic N) is 2. The largest absolute Gasteiger partial charge is 0.356 e. The Labute approximate surface area is 123 Å². The standard InChI is InChI=1S/C14H18ClN5/c1-16-14(18-10-13-7-9-19-20-13)17-8-6-11-2-4-12(15)5-3-11/h2-5,7,9H,6,8,10H2,1H3,(H,19,20)(H2,16,17,18). The molecule has 0 saturated carbocycles. The number of aromatic amines is 1. The van der Waals surface area contributed by atoms with Gasteiger partial charge in [-0.15, -0.1) is 0 Å². The number of hydrogen-bond donors (Lipinski definition) is 3. The van der Waals surface area contributed by atoms with E-state index in [0.717, 1.165) is 29.6 Å². The molecule has 0 aliphatic carbocycles. The van der Waals surface area contributed by atoms with Gasteiger partial charge in [0.25, 0.3) is 0 Å². The van der Waals surface area contributed by atoms with Crippen molar-refractivity contribution in [3.8, 4) is 0 Å². The van der Waals surface area contributed by atoms with Crippen LogP contribution in [0.3, 0.4) is 0 Å². The fourth-order valence-electron chi connectivity index (χ4n) is 1.76. The Morgan fingerprint density at radius 3 is 2.70 bits per heavy atom. The summed E-state index contributed by atoms with van der Waals surface area (Å²) in [6.07, 6.45) is 2.65. The first kappa shape index (κ1) is 14.4. The van der Waals surface area contributed by atoms with Crippen molar-refractivity contribution in [2.24, 2.45) is 4.99 Å². The predicted molar refractivity (Wildman–Crippen MR) is 81.9 cm³/mol. The summed E-state index contributed by atoms with van der Waals surface area (Å²) in [6, 6.07) is 9.80. The van der Waals surface area contributed by atoms with E-state index >= 15 is 0 Å². The van der Waals surface area contributed by atoms with Crippen molar-refractivity contribution in [1.29, 1.82) is 0 Å². The number of rotatable bonds is 5. The molecule has 2 rings (SSSR count). The van der Waals surface area contributed by atoms with Gasteiger partial charge in [0.15, 0.2) is 5.96 Å². The molecule has 0 aliphatic heterocycles. The van der Waals surface area contributed by atoms with Crippen LogP contribution in [0.1, 0.15) is 11.3 Å². The zero-order valence-corrected chi connectivity index (χ0v) is 12.1.